The number of nitrogens with one attached hydrogen (secondary N) is 1. The Kier molecular flexibility index (Phi) is 17.7. The average Bonchev–Trinajstić information content (AvgIpc) is 2.89. The van der Waals surface area contributed by atoms with Crippen LogP contribution in [-0.4, -0.2) is 37.9 Å². The number of benzene rings is 1. The van der Waals surface area contributed by atoms with Crippen LogP contribution in [0, 0.1) is 0 Å². The van der Waals surface area contributed by atoms with Gasteiger partial charge >= 0.3 is 13.6 Å². The number of rotatable bonds is 19. The van der Waals surface area contributed by atoms with Crippen molar-refractivity contribution in [2.45, 2.75) is 70.8 Å². The van der Waals surface area contributed by atoms with Crippen LogP contribution in [0.15, 0.2) is 91.1 Å². The fraction of sp³-hybridized carbons (Fsp3) is 0.355. The Morgan fingerprint density at radius 3 is 1.98 bits per heavy atom. The Morgan fingerprint density at radius 1 is 0.850 bits per heavy atom. The van der Waals surface area contributed by atoms with Gasteiger partial charge in [0.15, 0.2) is 0 Å². The summed E-state index contributed by atoms with van der Waals surface area (Å²) in [5, 5.41) is 20.8. The van der Waals surface area contributed by atoms with Crippen LogP contribution in [-0.2, 0) is 20.6 Å². The first-order valence-corrected chi connectivity index (χ1v) is 15.2. The lowest BCUT2D eigenvalue weighted by molar-refractivity contribution is -0.141. The van der Waals surface area contributed by atoms with Crippen LogP contribution in [0.4, 0.5) is 0 Å². The Morgan fingerprint density at radius 2 is 1.40 bits per heavy atom. The SMILES string of the molecule is CCCCCCCCCC=CC=CC=CC=CC=CC=CC(=O)N[C@@H](Cc1ccc(O)cc1P(=O)(O)O)C(=O)O. The second kappa shape index (κ2) is 20.5. The minimum atomic E-state index is -4.76. The van der Waals surface area contributed by atoms with Crippen molar-refractivity contribution in [1.82, 2.24) is 5.32 Å². The van der Waals surface area contributed by atoms with Gasteiger partial charge in [0.2, 0.25) is 5.91 Å². The van der Waals surface area contributed by atoms with Crippen LogP contribution in [0.1, 0.15) is 63.9 Å². The average molecular weight is 572 g/mol. The summed E-state index contributed by atoms with van der Waals surface area (Å²) in [7, 11) is -4.76. The van der Waals surface area contributed by atoms with Crippen LogP contribution in [0.2, 0.25) is 0 Å². The zero-order valence-electron chi connectivity index (χ0n) is 23.1. The van der Waals surface area contributed by atoms with E-state index in [0.29, 0.717) is 0 Å². The van der Waals surface area contributed by atoms with Crippen molar-refractivity contribution < 1.29 is 34.2 Å². The first-order valence-electron chi connectivity index (χ1n) is 13.6. The molecule has 1 aromatic rings. The molecule has 0 aliphatic heterocycles. The van der Waals surface area contributed by atoms with Crippen molar-refractivity contribution in [3.8, 4) is 5.75 Å². The van der Waals surface area contributed by atoms with Gasteiger partial charge in [0, 0.05) is 12.5 Å². The van der Waals surface area contributed by atoms with E-state index in [9.17, 15) is 34.2 Å². The minimum Gasteiger partial charge on any atom is -0.508 e. The first-order chi connectivity index (χ1) is 19.1. The number of carboxylic acids is 1. The van der Waals surface area contributed by atoms with Gasteiger partial charge in [-0.25, -0.2) is 4.79 Å². The summed E-state index contributed by atoms with van der Waals surface area (Å²) < 4.78 is 11.7. The predicted molar refractivity (Wildman–Crippen MR) is 161 cm³/mol. The number of aromatic hydroxyl groups is 1. The van der Waals surface area contributed by atoms with Gasteiger partial charge in [-0.3, -0.25) is 9.36 Å². The predicted octanol–water partition coefficient (Wildman–Crippen LogP) is 5.79. The van der Waals surface area contributed by atoms with Gasteiger partial charge in [-0.1, -0.05) is 118 Å². The molecule has 0 spiro atoms. The van der Waals surface area contributed by atoms with Crippen molar-refractivity contribution in [3.05, 3.63) is 96.7 Å². The second-order valence-corrected chi connectivity index (χ2v) is 10.8. The monoisotopic (exact) mass is 571 g/mol. The number of amides is 1. The van der Waals surface area contributed by atoms with E-state index in [4.69, 9.17) is 0 Å². The molecular weight excluding hydrogens is 529 g/mol. The molecule has 0 aliphatic rings. The molecule has 0 heterocycles. The first kappa shape index (κ1) is 34.6. The third-order valence-electron chi connectivity index (χ3n) is 5.78. The lowest BCUT2D eigenvalue weighted by Crippen LogP contribution is -2.42. The van der Waals surface area contributed by atoms with E-state index >= 15 is 0 Å². The number of unbranched alkanes of at least 4 members (excludes halogenated alkanes) is 7. The molecule has 9 heteroatoms. The maximum Gasteiger partial charge on any atom is 0.356 e. The molecule has 1 rings (SSSR count). The van der Waals surface area contributed by atoms with Crippen LogP contribution in [0.25, 0.3) is 0 Å². The third-order valence-corrected chi connectivity index (χ3v) is 6.82. The van der Waals surface area contributed by atoms with Gasteiger partial charge in [0.05, 0.1) is 5.30 Å². The normalized spacial score (nSPS) is 13.6. The van der Waals surface area contributed by atoms with Gasteiger partial charge in [-0.15, -0.1) is 0 Å². The largest absolute Gasteiger partial charge is 0.508 e. The Labute approximate surface area is 237 Å². The molecule has 1 atom stereocenters. The van der Waals surface area contributed by atoms with E-state index < -0.39 is 30.8 Å². The molecule has 0 radical (unpaired) electrons. The van der Waals surface area contributed by atoms with Gasteiger partial charge in [0.25, 0.3) is 0 Å². The number of hydrogen-bond acceptors (Lipinski definition) is 4. The Hall–Kier alpha value is -3.45. The molecule has 40 heavy (non-hydrogen) atoms. The number of carbonyl (C=O) groups excluding carboxylic acids is 1. The summed E-state index contributed by atoms with van der Waals surface area (Å²) in [6.45, 7) is 2.23. The lowest BCUT2D eigenvalue weighted by atomic mass is 10.1. The Bertz CT molecular complexity index is 1140. The summed E-state index contributed by atoms with van der Waals surface area (Å²) in [5.74, 6) is -2.41. The highest BCUT2D eigenvalue weighted by molar-refractivity contribution is 7.60. The van der Waals surface area contributed by atoms with Crippen molar-refractivity contribution in [2.75, 3.05) is 0 Å². The van der Waals surface area contributed by atoms with Crippen LogP contribution in [0.5, 0.6) is 5.75 Å². The molecule has 0 aliphatic carbocycles. The van der Waals surface area contributed by atoms with Crippen LogP contribution < -0.4 is 10.6 Å². The van der Waals surface area contributed by atoms with E-state index in [1.54, 1.807) is 18.2 Å². The Balaban J connectivity index is 2.40. The maximum atomic E-state index is 12.1. The number of hydrogen-bond donors (Lipinski definition) is 5. The van der Waals surface area contributed by atoms with Crippen molar-refractivity contribution in [1.29, 1.82) is 0 Å². The molecule has 218 valence electrons. The zero-order chi connectivity index (χ0) is 29.6. The highest BCUT2D eigenvalue weighted by Crippen LogP contribution is 2.36. The van der Waals surface area contributed by atoms with E-state index in [1.165, 1.54) is 63.2 Å². The number of aliphatic carboxylic acids is 1. The lowest BCUT2D eigenvalue weighted by Gasteiger charge is -2.16. The van der Waals surface area contributed by atoms with Gasteiger partial charge < -0.3 is 25.3 Å². The number of phenols is 1. The number of phenolic OH excluding ortho intramolecular Hbond substituents is 1. The van der Waals surface area contributed by atoms with Crippen LogP contribution >= 0.6 is 7.60 Å². The molecule has 1 aromatic carbocycles. The molecule has 0 saturated carbocycles. The van der Waals surface area contributed by atoms with E-state index in [1.807, 2.05) is 30.4 Å². The summed E-state index contributed by atoms with van der Waals surface area (Å²) in [6.07, 6.45) is 31.4. The van der Waals surface area contributed by atoms with Crippen LogP contribution in [0.3, 0.4) is 0 Å². The molecule has 0 bridgehead atoms. The van der Waals surface area contributed by atoms with Crippen molar-refractivity contribution in [3.63, 3.8) is 0 Å². The molecule has 5 N–H and O–H groups in total. The van der Waals surface area contributed by atoms with Crippen molar-refractivity contribution >= 4 is 24.8 Å². The third kappa shape index (κ3) is 16.5. The smallest absolute Gasteiger partial charge is 0.356 e. The van der Waals surface area contributed by atoms with E-state index in [2.05, 4.69) is 24.4 Å². The quantitative estimate of drug-likeness (QED) is 0.0612. The molecule has 1 amide bonds. The van der Waals surface area contributed by atoms with Gasteiger partial charge in [0.1, 0.15) is 11.8 Å². The summed E-state index contributed by atoms with van der Waals surface area (Å²) >= 11 is 0. The topological polar surface area (TPSA) is 144 Å². The minimum absolute atomic E-state index is 0.00950. The highest BCUT2D eigenvalue weighted by atomic mass is 31.2. The second-order valence-electron chi connectivity index (χ2n) is 9.20. The van der Waals surface area contributed by atoms with Gasteiger partial charge in [-0.2, -0.15) is 0 Å². The molecule has 0 fully saturated rings. The summed E-state index contributed by atoms with van der Waals surface area (Å²) in [5.41, 5.74) is 0.00950. The molecular formula is C31H42NO7P. The number of carbonyl (C=O) groups is 2. The molecule has 0 aromatic heterocycles. The molecule has 0 unspecified atom stereocenters. The summed E-state index contributed by atoms with van der Waals surface area (Å²) in [6, 6.07) is 1.87. The fourth-order valence-electron chi connectivity index (χ4n) is 3.69. The van der Waals surface area contributed by atoms with Crippen molar-refractivity contribution in [2.24, 2.45) is 0 Å². The number of carboxylic acid groups (broad SMARTS) is 1. The van der Waals surface area contributed by atoms with E-state index in [-0.39, 0.29) is 17.7 Å². The highest BCUT2D eigenvalue weighted by Gasteiger charge is 2.27. The van der Waals surface area contributed by atoms with E-state index in [0.717, 1.165) is 18.6 Å². The zero-order valence-corrected chi connectivity index (χ0v) is 24.0. The molecule has 8 nitrogen and oxygen atoms in total. The summed E-state index contributed by atoms with van der Waals surface area (Å²) in [4.78, 5) is 42.7. The molecule has 0 saturated heterocycles. The number of allylic oxidation sites excluding steroid dienone is 11. The standard InChI is InChI=1S/C31H42NO7P/c1-2-3-4-5-6-7-8-9-10-11-12-13-14-15-16-17-18-19-20-21-30(34)32-28(31(35)36)24-26-22-23-27(33)25-29(26)40(37,38)39/h10-23,25,28,33H,2-9,24H2,1H3,(H,32,34)(H,35,36)(H2,37,38,39)/t28-/m0/s1. The fourth-order valence-corrected chi connectivity index (χ4v) is 4.53. The van der Waals surface area contributed by atoms with Gasteiger partial charge in [-0.05, 0) is 30.5 Å². The maximum absolute atomic E-state index is 12.1.